The average molecular weight is 313 g/mol. The second kappa shape index (κ2) is 6.52. The molecular weight excluding hydrogens is 286 g/mol. The van der Waals surface area contributed by atoms with Crippen molar-refractivity contribution < 1.29 is 4.79 Å². The Morgan fingerprint density at radius 2 is 1.91 bits per heavy atom. The number of amides is 1. The molecule has 4 nitrogen and oxygen atoms in total. The van der Waals surface area contributed by atoms with Crippen LogP contribution in [0.3, 0.4) is 0 Å². The minimum absolute atomic E-state index is 0.176. The van der Waals surface area contributed by atoms with Gasteiger partial charge in [0.05, 0.1) is 0 Å². The van der Waals surface area contributed by atoms with Gasteiger partial charge in [0.15, 0.2) is 0 Å². The van der Waals surface area contributed by atoms with E-state index in [-0.39, 0.29) is 5.91 Å². The topological polar surface area (TPSA) is 44.4 Å². The first-order valence-electron chi connectivity index (χ1n) is 9.17. The van der Waals surface area contributed by atoms with Crippen molar-refractivity contribution in [2.75, 3.05) is 23.3 Å². The lowest BCUT2D eigenvalue weighted by Gasteiger charge is -2.28. The third kappa shape index (κ3) is 3.52. The molecule has 3 saturated heterocycles. The van der Waals surface area contributed by atoms with Gasteiger partial charge in [-0.3, -0.25) is 4.79 Å². The molecule has 4 rings (SSSR count). The fourth-order valence-electron chi connectivity index (χ4n) is 4.57. The van der Waals surface area contributed by atoms with Crippen LogP contribution in [0, 0.1) is 5.92 Å². The van der Waals surface area contributed by atoms with Crippen molar-refractivity contribution in [1.29, 1.82) is 0 Å². The normalized spacial score (nSPS) is 29.7. The van der Waals surface area contributed by atoms with E-state index in [1.54, 1.807) is 0 Å². The Hall–Kier alpha value is -1.55. The van der Waals surface area contributed by atoms with Crippen LogP contribution in [0.25, 0.3) is 0 Å². The zero-order valence-electron chi connectivity index (χ0n) is 13.8. The predicted molar refractivity (Wildman–Crippen MR) is 93.8 cm³/mol. The fourth-order valence-corrected chi connectivity index (χ4v) is 4.57. The van der Waals surface area contributed by atoms with Crippen LogP contribution in [0.5, 0.6) is 0 Å². The maximum atomic E-state index is 12.4. The molecule has 1 aromatic carbocycles. The predicted octanol–water partition coefficient (Wildman–Crippen LogP) is 3.15. The largest absolute Gasteiger partial charge is 0.371 e. The summed E-state index contributed by atoms with van der Waals surface area (Å²) in [4.78, 5) is 14.8. The minimum atomic E-state index is 0.176. The van der Waals surface area contributed by atoms with Crippen molar-refractivity contribution in [3.05, 3.63) is 24.3 Å². The van der Waals surface area contributed by atoms with Crippen molar-refractivity contribution in [3.63, 3.8) is 0 Å². The highest BCUT2D eigenvalue weighted by Crippen LogP contribution is 2.33. The first kappa shape index (κ1) is 15.0. The van der Waals surface area contributed by atoms with Crippen LogP contribution in [0.15, 0.2) is 24.3 Å². The number of carbonyl (C=O) groups excluding carboxylic acids is 1. The van der Waals surface area contributed by atoms with Crippen molar-refractivity contribution >= 4 is 17.3 Å². The SMILES string of the molecule is O=C(CC1CC2CCC(C1)N2)Nc1cccc(N2CCCC2)c1. The molecule has 2 N–H and O–H groups in total. The second-order valence-electron chi connectivity index (χ2n) is 7.47. The van der Waals surface area contributed by atoms with Gasteiger partial charge in [0, 0.05) is 43.0 Å². The van der Waals surface area contributed by atoms with E-state index in [1.165, 1.54) is 31.4 Å². The van der Waals surface area contributed by atoms with Crippen LogP contribution in [-0.2, 0) is 4.79 Å². The molecular formula is C19H27N3O. The van der Waals surface area contributed by atoms with Gasteiger partial charge >= 0.3 is 0 Å². The highest BCUT2D eigenvalue weighted by Gasteiger charge is 2.34. The Morgan fingerprint density at radius 3 is 2.65 bits per heavy atom. The van der Waals surface area contributed by atoms with Gasteiger partial charge in [-0.2, -0.15) is 0 Å². The van der Waals surface area contributed by atoms with Crippen molar-refractivity contribution in [3.8, 4) is 0 Å². The van der Waals surface area contributed by atoms with Crippen molar-refractivity contribution in [2.24, 2.45) is 5.92 Å². The summed E-state index contributed by atoms with van der Waals surface area (Å²) in [6.45, 7) is 2.27. The smallest absolute Gasteiger partial charge is 0.224 e. The van der Waals surface area contributed by atoms with Gasteiger partial charge in [-0.15, -0.1) is 0 Å². The van der Waals surface area contributed by atoms with Gasteiger partial charge in [-0.1, -0.05) is 6.07 Å². The summed E-state index contributed by atoms with van der Waals surface area (Å²) < 4.78 is 0. The molecule has 3 aliphatic heterocycles. The van der Waals surface area contributed by atoms with Gasteiger partial charge < -0.3 is 15.5 Å². The number of anilines is 2. The monoisotopic (exact) mass is 313 g/mol. The Bertz CT molecular complexity index is 555. The Balaban J connectivity index is 1.34. The number of benzene rings is 1. The third-order valence-electron chi connectivity index (χ3n) is 5.65. The molecule has 3 heterocycles. The molecule has 0 aliphatic carbocycles. The molecule has 23 heavy (non-hydrogen) atoms. The number of piperidine rings is 1. The number of carbonyl (C=O) groups is 1. The van der Waals surface area contributed by atoms with E-state index in [9.17, 15) is 4.79 Å². The minimum Gasteiger partial charge on any atom is -0.371 e. The number of nitrogens with zero attached hydrogens (tertiary/aromatic N) is 1. The van der Waals surface area contributed by atoms with Gasteiger partial charge in [-0.25, -0.2) is 0 Å². The summed E-state index contributed by atoms with van der Waals surface area (Å²) in [5.41, 5.74) is 2.18. The number of fused-ring (bicyclic) bond motifs is 2. The van der Waals surface area contributed by atoms with E-state index in [4.69, 9.17) is 0 Å². The average Bonchev–Trinajstić information content (AvgIpc) is 3.17. The molecule has 2 bridgehead atoms. The number of rotatable bonds is 4. The molecule has 124 valence electrons. The molecule has 2 unspecified atom stereocenters. The summed E-state index contributed by atoms with van der Waals surface area (Å²) in [5.74, 6) is 0.727. The lowest BCUT2D eigenvalue weighted by atomic mass is 9.89. The Kier molecular flexibility index (Phi) is 4.25. The van der Waals surface area contributed by atoms with Crippen LogP contribution in [0.4, 0.5) is 11.4 Å². The number of hydrogen-bond acceptors (Lipinski definition) is 3. The van der Waals surface area contributed by atoms with E-state index in [0.717, 1.165) is 31.6 Å². The first-order valence-corrected chi connectivity index (χ1v) is 9.17. The number of hydrogen-bond donors (Lipinski definition) is 2. The van der Waals surface area contributed by atoms with Crippen LogP contribution in [0.2, 0.25) is 0 Å². The lowest BCUT2D eigenvalue weighted by molar-refractivity contribution is -0.117. The molecule has 3 fully saturated rings. The maximum absolute atomic E-state index is 12.4. The Labute approximate surface area is 138 Å². The summed E-state index contributed by atoms with van der Waals surface area (Å²) >= 11 is 0. The van der Waals surface area contributed by atoms with Crippen LogP contribution >= 0.6 is 0 Å². The van der Waals surface area contributed by atoms with Gasteiger partial charge in [-0.05, 0) is 62.6 Å². The van der Waals surface area contributed by atoms with Crippen LogP contribution in [0.1, 0.15) is 44.9 Å². The van der Waals surface area contributed by atoms with Crippen molar-refractivity contribution in [2.45, 2.75) is 57.0 Å². The van der Waals surface area contributed by atoms with E-state index in [0.29, 0.717) is 24.4 Å². The maximum Gasteiger partial charge on any atom is 0.224 e. The summed E-state index contributed by atoms with van der Waals surface area (Å²) in [5, 5.41) is 6.76. The first-order chi connectivity index (χ1) is 11.3. The molecule has 1 amide bonds. The highest BCUT2D eigenvalue weighted by atomic mass is 16.1. The zero-order valence-corrected chi connectivity index (χ0v) is 13.8. The fraction of sp³-hybridized carbons (Fsp3) is 0.632. The van der Waals surface area contributed by atoms with E-state index in [1.807, 2.05) is 12.1 Å². The van der Waals surface area contributed by atoms with E-state index in [2.05, 4.69) is 27.7 Å². The third-order valence-corrected chi connectivity index (χ3v) is 5.65. The molecule has 4 heteroatoms. The summed E-state index contributed by atoms with van der Waals surface area (Å²) in [6, 6.07) is 9.63. The van der Waals surface area contributed by atoms with E-state index < -0.39 is 0 Å². The van der Waals surface area contributed by atoms with Crippen LogP contribution in [-0.4, -0.2) is 31.1 Å². The highest BCUT2D eigenvalue weighted by molar-refractivity contribution is 5.91. The lowest BCUT2D eigenvalue weighted by Crippen LogP contribution is -2.39. The molecule has 1 aromatic rings. The summed E-state index contributed by atoms with van der Waals surface area (Å²) in [6.07, 6.45) is 8.13. The second-order valence-corrected chi connectivity index (χ2v) is 7.47. The molecule has 2 atom stereocenters. The molecule has 3 aliphatic rings. The van der Waals surface area contributed by atoms with Gasteiger partial charge in [0.2, 0.25) is 5.91 Å². The van der Waals surface area contributed by atoms with E-state index >= 15 is 0 Å². The summed E-state index contributed by atoms with van der Waals surface area (Å²) in [7, 11) is 0. The van der Waals surface area contributed by atoms with Gasteiger partial charge in [0.1, 0.15) is 0 Å². The molecule has 0 radical (unpaired) electrons. The number of nitrogens with one attached hydrogen (secondary N) is 2. The van der Waals surface area contributed by atoms with Crippen molar-refractivity contribution in [1.82, 2.24) is 5.32 Å². The molecule has 0 aromatic heterocycles. The molecule has 0 spiro atoms. The van der Waals surface area contributed by atoms with Crippen LogP contribution < -0.4 is 15.5 Å². The standard InChI is InChI=1S/C19H27N3O/c23-19(12-14-10-16-6-7-17(11-14)20-16)21-15-4-3-5-18(13-15)22-8-1-2-9-22/h3-5,13-14,16-17,20H,1-2,6-12H2,(H,21,23). The quantitative estimate of drug-likeness (QED) is 0.897. The van der Waals surface area contributed by atoms with Gasteiger partial charge in [0.25, 0.3) is 0 Å². The molecule has 0 saturated carbocycles. The Morgan fingerprint density at radius 1 is 1.17 bits per heavy atom. The zero-order chi connectivity index (χ0) is 15.6.